The molecule has 8 nitrogen and oxygen atoms in total. The van der Waals surface area contributed by atoms with Gasteiger partial charge >= 0.3 is 0 Å². The van der Waals surface area contributed by atoms with Crippen LogP contribution in [0, 0.1) is 5.92 Å². The Morgan fingerprint density at radius 3 is 2.41 bits per heavy atom. The van der Waals surface area contributed by atoms with E-state index in [0.29, 0.717) is 29.4 Å². The molecule has 3 N–H and O–H groups in total. The summed E-state index contributed by atoms with van der Waals surface area (Å²) >= 11 is 0. The van der Waals surface area contributed by atoms with Crippen molar-refractivity contribution in [3.8, 4) is 11.3 Å². The number of fused-ring (bicyclic) bond motifs is 3. The molecule has 1 amide bonds. The number of aliphatic hydroxyl groups excluding tert-OH is 1. The summed E-state index contributed by atoms with van der Waals surface area (Å²) in [7, 11) is 0. The predicted octanol–water partition coefficient (Wildman–Crippen LogP) is 5.17. The number of anilines is 1. The molecule has 3 aliphatic rings. The number of carbonyl (C=O) groups excluding carboxylic acids is 1. The summed E-state index contributed by atoms with van der Waals surface area (Å²) in [6.45, 7) is 0. The zero-order valence-electron chi connectivity index (χ0n) is 22.0. The fourth-order valence-electron chi connectivity index (χ4n) is 7.12. The van der Waals surface area contributed by atoms with Crippen LogP contribution in [0.15, 0.2) is 60.9 Å². The van der Waals surface area contributed by atoms with E-state index in [1.807, 2.05) is 18.2 Å². The number of nitrogens with one attached hydrogen (secondary N) is 2. The van der Waals surface area contributed by atoms with Crippen molar-refractivity contribution in [3.05, 3.63) is 72.3 Å². The Hall–Kier alpha value is -3.78. The second-order valence-electron chi connectivity index (χ2n) is 11.4. The molecule has 0 spiro atoms. The quantitative estimate of drug-likeness (QED) is 0.322. The summed E-state index contributed by atoms with van der Waals surface area (Å²) in [6.07, 6.45) is 11.8. The van der Waals surface area contributed by atoms with Crippen LogP contribution in [0.4, 0.5) is 5.69 Å². The molecule has 3 fully saturated rings. The summed E-state index contributed by atoms with van der Waals surface area (Å²) in [5.41, 5.74) is 4.55. The molecule has 0 unspecified atom stereocenters. The molecule has 2 aromatic carbocycles. The molecule has 2 aliphatic heterocycles. The molecule has 2 aromatic heterocycles. The van der Waals surface area contributed by atoms with Gasteiger partial charge in [-0.1, -0.05) is 25.0 Å². The van der Waals surface area contributed by atoms with E-state index >= 15 is 0 Å². The van der Waals surface area contributed by atoms with Gasteiger partial charge in [0.2, 0.25) is 0 Å². The molecule has 0 radical (unpaired) electrons. The highest BCUT2D eigenvalue weighted by molar-refractivity contribution is 6.01. The van der Waals surface area contributed by atoms with Gasteiger partial charge < -0.3 is 15.3 Å². The average molecular weight is 523 g/mol. The van der Waals surface area contributed by atoms with E-state index in [2.05, 4.69) is 54.6 Å². The van der Waals surface area contributed by atoms with Gasteiger partial charge in [0.05, 0.1) is 23.4 Å². The molecule has 4 aromatic rings. The number of piperidine rings is 1. The lowest BCUT2D eigenvalue weighted by molar-refractivity contribution is 0.0919. The lowest BCUT2D eigenvalue weighted by Gasteiger charge is -2.39. The third-order valence-corrected chi connectivity index (χ3v) is 8.99. The summed E-state index contributed by atoms with van der Waals surface area (Å²) in [4.78, 5) is 24.9. The van der Waals surface area contributed by atoms with Gasteiger partial charge in [-0.25, -0.2) is 9.97 Å². The number of amides is 1. The number of aromatic nitrogens is 4. The Morgan fingerprint density at radius 2 is 1.69 bits per heavy atom. The van der Waals surface area contributed by atoms with Gasteiger partial charge in [-0.15, -0.1) is 0 Å². The monoisotopic (exact) mass is 522 g/mol. The minimum atomic E-state index is -0.195. The SMILES string of the molecule is O=C(N[C@@H](c1ncccn1)C1CCCC1)c1ccc2[nH]nc(-c3ccc(N4[C@@H]5CC[C@H]4C[C@@H](O)C5)cc3)c2c1. The van der Waals surface area contributed by atoms with Crippen molar-refractivity contribution in [2.75, 3.05) is 4.90 Å². The summed E-state index contributed by atoms with van der Waals surface area (Å²) < 4.78 is 0. The third kappa shape index (κ3) is 4.56. The summed E-state index contributed by atoms with van der Waals surface area (Å²) in [5.74, 6) is 0.910. The van der Waals surface area contributed by atoms with E-state index in [4.69, 9.17) is 0 Å². The highest BCUT2D eigenvalue weighted by atomic mass is 16.3. The van der Waals surface area contributed by atoms with Gasteiger partial charge in [0, 0.05) is 46.7 Å². The smallest absolute Gasteiger partial charge is 0.251 e. The van der Waals surface area contributed by atoms with E-state index in [1.54, 1.807) is 18.5 Å². The first-order chi connectivity index (χ1) is 19.1. The Labute approximate surface area is 227 Å². The van der Waals surface area contributed by atoms with Crippen LogP contribution in [0.2, 0.25) is 0 Å². The first kappa shape index (κ1) is 24.3. The molecule has 8 heteroatoms. The highest BCUT2D eigenvalue weighted by Crippen LogP contribution is 2.40. The van der Waals surface area contributed by atoms with Gasteiger partial charge in [-0.05, 0) is 80.8 Å². The van der Waals surface area contributed by atoms with Crippen LogP contribution in [0.25, 0.3) is 22.2 Å². The van der Waals surface area contributed by atoms with E-state index in [0.717, 1.165) is 60.7 Å². The highest BCUT2D eigenvalue weighted by Gasteiger charge is 2.40. The van der Waals surface area contributed by atoms with E-state index in [9.17, 15) is 9.90 Å². The van der Waals surface area contributed by atoms with Gasteiger partial charge in [-0.2, -0.15) is 5.10 Å². The molecule has 2 bridgehead atoms. The van der Waals surface area contributed by atoms with Crippen LogP contribution in [-0.2, 0) is 0 Å². The van der Waals surface area contributed by atoms with Crippen LogP contribution in [0.3, 0.4) is 0 Å². The van der Waals surface area contributed by atoms with Crippen LogP contribution in [0.1, 0.15) is 73.6 Å². The number of aliphatic hydroxyl groups is 1. The van der Waals surface area contributed by atoms with Crippen LogP contribution in [0.5, 0.6) is 0 Å². The molecule has 200 valence electrons. The van der Waals surface area contributed by atoms with E-state index in [1.165, 1.54) is 18.5 Å². The minimum Gasteiger partial charge on any atom is -0.393 e. The van der Waals surface area contributed by atoms with Crippen molar-refractivity contribution in [2.45, 2.75) is 75.6 Å². The molecule has 2 saturated heterocycles. The second-order valence-corrected chi connectivity index (χ2v) is 11.4. The van der Waals surface area contributed by atoms with Crippen molar-refractivity contribution >= 4 is 22.5 Å². The number of aromatic amines is 1. The van der Waals surface area contributed by atoms with Gasteiger partial charge in [0.15, 0.2) is 5.82 Å². The van der Waals surface area contributed by atoms with Crippen LogP contribution >= 0.6 is 0 Å². The minimum absolute atomic E-state index is 0.119. The van der Waals surface area contributed by atoms with Crippen molar-refractivity contribution < 1.29 is 9.90 Å². The van der Waals surface area contributed by atoms with Gasteiger partial charge in [0.1, 0.15) is 0 Å². The van der Waals surface area contributed by atoms with Crippen LogP contribution < -0.4 is 10.2 Å². The number of hydrogen-bond donors (Lipinski definition) is 3. The number of H-pyrrole nitrogens is 1. The molecule has 1 aliphatic carbocycles. The Balaban J connectivity index is 1.14. The zero-order valence-corrected chi connectivity index (χ0v) is 22.0. The maximum atomic E-state index is 13.5. The standard InChI is InChI=1S/C31H34N6O2/c38-25-17-23-11-12-24(18-25)37(23)22-9-6-20(7-10-22)28-26-16-21(8-13-27(26)35-36-28)31(39)34-29(19-4-1-2-5-19)30-32-14-3-15-33-30/h3,6-10,13-16,19,23-25,29,38H,1-2,4-5,11-12,17-18H2,(H,34,39)(H,35,36)/t23-,24+,25+,29-/m1/s1. The summed E-state index contributed by atoms with van der Waals surface area (Å²) in [6, 6.07) is 16.7. The lowest BCUT2D eigenvalue weighted by atomic mass is 9.96. The molecule has 4 atom stereocenters. The Bertz CT molecular complexity index is 1450. The number of benzene rings is 2. The lowest BCUT2D eigenvalue weighted by Crippen LogP contribution is -2.44. The Morgan fingerprint density at radius 1 is 0.974 bits per heavy atom. The van der Waals surface area contributed by atoms with Crippen molar-refractivity contribution in [1.29, 1.82) is 0 Å². The topological polar surface area (TPSA) is 107 Å². The molecular weight excluding hydrogens is 488 g/mol. The second kappa shape index (κ2) is 10.1. The maximum absolute atomic E-state index is 13.5. The molecule has 7 rings (SSSR count). The van der Waals surface area contributed by atoms with Crippen LogP contribution in [-0.4, -0.2) is 49.4 Å². The maximum Gasteiger partial charge on any atom is 0.251 e. The van der Waals surface area contributed by atoms with Crippen molar-refractivity contribution in [1.82, 2.24) is 25.5 Å². The molecule has 1 saturated carbocycles. The van der Waals surface area contributed by atoms with Gasteiger partial charge in [0.25, 0.3) is 5.91 Å². The third-order valence-electron chi connectivity index (χ3n) is 8.99. The predicted molar refractivity (Wildman–Crippen MR) is 150 cm³/mol. The van der Waals surface area contributed by atoms with Gasteiger partial charge in [-0.3, -0.25) is 9.89 Å². The number of carbonyl (C=O) groups is 1. The molecule has 4 heterocycles. The fraction of sp³-hybridized carbons (Fsp3) is 0.419. The van der Waals surface area contributed by atoms with Crippen molar-refractivity contribution in [3.63, 3.8) is 0 Å². The zero-order chi connectivity index (χ0) is 26.3. The summed E-state index contributed by atoms with van der Waals surface area (Å²) in [5, 5.41) is 22.1. The number of hydrogen-bond acceptors (Lipinski definition) is 6. The fourth-order valence-corrected chi connectivity index (χ4v) is 7.12. The average Bonchev–Trinajstić information content (AvgIpc) is 3.70. The first-order valence-electron chi connectivity index (χ1n) is 14.3. The first-order valence-corrected chi connectivity index (χ1v) is 14.3. The Kier molecular flexibility index (Phi) is 6.27. The molecule has 39 heavy (non-hydrogen) atoms. The molecular formula is C31H34N6O2. The van der Waals surface area contributed by atoms with Crippen molar-refractivity contribution in [2.24, 2.45) is 5.92 Å². The number of rotatable bonds is 6. The number of nitrogens with zero attached hydrogens (tertiary/aromatic N) is 4. The van der Waals surface area contributed by atoms with E-state index < -0.39 is 0 Å². The normalized spacial score (nSPS) is 23.8. The van der Waals surface area contributed by atoms with E-state index in [-0.39, 0.29) is 18.1 Å². The largest absolute Gasteiger partial charge is 0.393 e.